The van der Waals surface area contributed by atoms with Gasteiger partial charge in [0.25, 0.3) is 0 Å². The van der Waals surface area contributed by atoms with Gasteiger partial charge in [-0.2, -0.15) is 0 Å². The normalized spacial score (nSPS) is 15.6. The van der Waals surface area contributed by atoms with Crippen molar-refractivity contribution in [1.29, 1.82) is 0 Å². The van der Waals surface area contributed by atoms with Gasteiger partial charge in [-0.3, -0.25) is 0 Å². The van der Waals surface area contributed by atoms with Gasteiger partial charge in [0.1, 0.15) is 0 Å². The molecule has 0 aliphatic heterocycles. The molecule has 1 aromatic rings. The lowest BCUT2D eigenvalue weighted by atomic mass is 10.1. The first-order chi connectivity index (χ1) is 8.70. The van der Waals surface area contributed by atoms with E-state index in [1.165, 1.54) is 28.4 Å². The van der Waals surface area contributed by atoms with Crippen LogP contribution in [0.1, 0.15) is 54.6 Å². The van der Waals surface area contributed by atoms with Crippen molar-refractivity contribution in [2.45, 2.75) is 58.0 Å². The fourth-order valence-electron chi connectivity index (χ4n) is 1.99. The topological polar surface area (TPSA) is 34.1 Å². The lowest BCUT2D eigenvalue weighted by Gasteiger charge is -2.05. The van der Waals surface area contributed by atoms with Gasteiger partial charge in [0.15, 0.2) is 0 Å². The molecular weight excluding hydrogens is 244 g/mol. The van der Waals surface area contributed by atoms with Crippen molar-refractivity contribution < 1.29 is 4.74 Å². The molecule has 18 heavy (non-hydrogen) atoms. The monoisotopic (exact) mass is 268 g/mol. The Balaban J connectivity index is 1.95. The van der Waals surface area contributed by atoms with E-state index in [0.717, 1.165) is 32.0 Å². The van der Waals surface area contributed by atoms with Gasteiger partial charge in [-0.25, -0.2) is 4.98 Å². The van der Waals surface area contributed by atoms with Gasteiger partial charge in [0.2, 0.25) is 0 Å². The molecule has 0 atom stereocenters. The summed E-state index contributed by atoms with van der Waals surface area (Å²) >= 11 is 1.88. The Morgan fingerprint density at radius 3 is 2.83 bits per heavy atom. The molecule has 1 aliphatic rings. The van der Waals surface area contributed by atoms with Crippen LogP contribution < -0.4 is 5.32 Å². The second-order valence-electron chi connectivity index (χ2n) is 5.32. The van der Waals surface area contributed by atoms with E-state index in [0.29, 0.717) is 5.92 Å². The zero-order chi connectivity index (χ0) is 13.0. The standard InChI is InChI=1S/C14H24N2OS/c1-10(2)14-12(9-15-11-6-7-11)18-13(16-14)5-4-8-17-3/h10-11,15H,4-9H2,1-3H3. The summed E-state index contributed by atoms with van der Waals surface area (Å²) in [7, 11) is 1.76. The van der Waals surface area contributed by atoms with E-state index in [2.05, 4.69) is 19.2 Å². The number of hydrogen-bond acceptors (Lipinski definition) is 4. The molecule has 0 saturated heterocycles. The molecule has 4 heteroatoms. The van der Waals surface area contributed by atoms with Crippen LogP contribution in [0, 0.1) is 0 Å². The molecule has 1 aliphatic carbocycles. The summed E-state index contributed by atoms with van der Waals surface area (Å²) < 4.78 is 5.10. The molecule has 1 aromatic heterocycles. The molecular formula is C14H24N2OS. The lowest BCUT2D eigenvalue weighted by molar-refractivity contribution is 0.195. The SMILES string of the molecule is COCCCc1nc(C(C)C)c(CNC2CC2)s1. The predicted molar refractivity (Wildman–Crippen MR) is 76.3 cm³/mol. The zero-order valence-corrected chi connectivity index (χ0v) is 12.5. The van der Waals surface area contributed by atoms with Crippen LogP contribution in [0.3, 0.4) is 0 Å². The van der Waals surface area contributed by atoms with Gasteiger partial charge in [0.05, 0.1) is 10.7 Å². The number of hydrogen-bond donors (Lipinski definition) is 1. The van der Waals surface area contributed by atoms with Crippen LogP contribution in [0.15, 0.2) is 0 Å². The van der Waals surface area contributed by atoms with Crippen molar-refractivity contribution in [3.8, 4) is 0 Å². The minimum atomic E-state index is 0.522. The number of nitrogens with zero attached hydrogens (tertiary/aromatic N) is 1. The summed E-state index contributed by atoms with van der Waals surface area (Å²) in [5, 5.41) is 4.86. The molecule has 0 radical (unpaired) electrons. The Hall–Kier alpha value is -0.450. The fourth-order valence-corrected chi connectivity index (χ4v) is 3.21. The van der Waals surface area contributed by atoms with E-state index < -0.39 is 0 Å². The van der Waals surface area contributed by atoms with Gasteiger partial charge in [-0.05, 0) is 25.2 Å². The second-order valence-corrected chi connectivity index (χ2v) is 6.49. The Kier molecular flexibility index (Phi) is 5.15. The second kappa shape index (κ2) is 6.64. The van der Waals surface area contributed by atoms with Crippen molar-refractivity contribution in [2.75, 3.05) is 13.7 Å². The van der Waals surface area contributed by atoms with E-state index in [1.54, 1.807) is 7.11 Å². The third-order valence-corrected chi connectivity index (χ3v) is 4.32. The number of nitrogens with one attached hydrogen (secondary N) is 1. The van der Waals surface area contributed by atoms with Gasteiger partial charge in [-0.15, -0.1) is 11.3 Å². The van der Waals surface area contributed by atoms with Gasteiger partial charge in [0, 0.05) is 37.6 Å². The van der Waals surface area contributed by atoms with E-state index in [9.17, 15) is 0 Å². The quantitative estimate of drug-likeness (QED) is 0.736. The number of aryl methyl sites for hydroxylation is 1. The third kappa shape index (κ3) is 4.04. The highest BCUT2D eigenvalue weighted by atomic mass is 32.1. The van der Waals surface area contributed by atoms with Crippen molar-refractivity contribution >= 4 is 11.3 Å². The minimum Gasteiger partial charge on any atom is -0.385 e. The van der Waals surface area contributed by atoms with Gasteiger partial charge in [-0.1, -0.05) is 13.8 Å². The van der Waals surface area contributed by atoms with Crippen LogP contribution in [0.5, 0.6) is 0 Å². The smallest absolute Gasteiger partial charge is 0.0932 e. The maximum absolute atomic E-state index is 5.10. The molecule has 1 fully saturated rings. The summed E-state index contributed by atoms with van der Waals surface area (Å²) in [6.45, 7) is 6.29. The van der Waals surface area contributed by atoms with E-state index >= 15 is 0 Å². The van der Waals surface area contributed by atoms with Crippen molar-refractivity contribution in [3.05, 3.63) is 15.6 Å². The molecule has 1 heterocycles. The van der Waals surface area contributed by atoms with Crippen molar-refractivity contribution in [3.63, 3.8) is 0 Å². The number of thiazole rings is 1. The van der Waals surface area contributed by atoms with Crippen molar-refractivity contribution in [2.24, 2.45) is 0 Å². The average molecular weight is 268 g/mol. The largest absolute Gasteiger partial charge is 0.385 e. The molecule has 3 nitrogen and oxygen atoms in total. The van der Waals surface area contributed by atoms with Crippen LogP contribution in [-0.2, 0) is 17.7 Å². The molecule has 102 valence electrons. The van der Waals surface area contributed by atoms with Crippen LogP contribution in [0.2, 0.25) is 0 Å². The van der Waals surface area contributed by atoms with E-state index in [4.69, 9.17) is 9.72 Å². The Morgan fingerprint density at radius 2 is 2.22 bits per heavy atom. The molecule has 2 rings (SSSR count). The lowest BCUT2D eigenvalue weighted by Crippen LogP contribution is -2.15. The number of methoxy groups -OCH3 is 1. The third-order valence-electron chi connectivity index (χ3n) is 3.19. The van der Waals surface area contributed by atoms with Crippen molar-refractivity contribution in [1.82, 2.24) is 10.3 Å². The number of aromatic nitrogens is 1. The molecule has 0 aromatic carbocycles. The predicted octanol–water partition coefficient (Wildman–Crippen LogP) is 3.10. The summed E-state index contributed by atoms with van der Waals surface area (Å²) in [4.78, 5) is 6.24. The molecule has 0 amide bonds. The summed E-state index contributed by atoms with van der Waals surface area (Å²) in [5.74, 6) is 0.522. The van der Waals surface area contributed by atoms with Crippen LogP contribution in [-0.4, -0.2) is 24.7 Å². The minimum absolute atomic E-state index is 0.522. The zero-order valence-electron chi connectivity index (χ0n) is 11.7. The Morgan fingerprint density at radius 1 is 1.44 bits per heavy atom. The molecule has 0 bridgehead atoms. The van der Waals surface area contributed by atoms with Crippen LogP contribution in [0.4, 0.5) is 0 Å². The summed E-state index contributed by atoms with van der Waals surface area (Å²) in [5.41, 5.74) is 1.29. The summed E-state index contributed by atoms with van der Waals surface area (Å²) in [6, 6.07) is 0.768. The highest BCUT2D eigenvalue weighted by molar-refractivity contribution is 7.11. The molecule has 1 N–H and O–H groups in total. The Bertz CT molecular complexity index is 372. The Labute approximate surface area is 114 Å². The molecule has 0 unspecified atom stereocenters. The van der Waals surface area contributed by atoms with E-state index in [-0.39, 0.29) is 0 Å². The van der Waals surface area contributed by atoms with Gasteiger partial charge >= 0.3 is 0 Å². The van der Waals surface area contributed by atoms with Crippen LogP contribution in [0.25, 0.3) is 0 Å². The first kappa shape index (κ1) is 14.0. The average Bonchev–Trinajstić information content (AvgIpc) is 3.07. The van der Waals surface area contributed by atoms with Gasteiger partial charge < -0.3 is 10.1 Å². The fraction of sp³-hybridized carbons (Fsp3) is 0.786. The maximum atomic E-state index is 5.10. The number of ether oxygens (including phenoxy) is 1. The molecule has 0 spiro atoms. The van der Waals surface area contributed by atoms with Crippen LogP contribution >= 0.6 is 11.3 Å². The maximum Gasteiger partial charge on any atom is 0.0932 e. The first-order valence-electron chi connectivity index (χ1n) is 6.91. The first-order valence-corrected chi connectivity index (χ1v) is 7.73. The van der Waals surface area contributed by atoms with E-state index in [1.807, 2.05) is 11.3 Å². The summed E-state index contributed by atoms with van der Waals surface area (Å²) in [6.07, 6.45) is 4.80. The highest BCUT2D eigenvalue weighted by Crippen LogP contribution is 2.27. The number of rotatable bonds is 8. The molecule has 1 saturated carbocycles. The highest BCUT2D eigenvalue weighted by Gasteiger charge is 2.22.